The molecule has 0 fully saturated rings. The normalized spacial score (nSPS) is 12.1. The lowest BCUT2D eigenvalue weighted by atomic mass is 10.0. The van der Waals surface area contributed by atoms with Gasteiger partial charge in [-0.3, -0.25) is 4.57 Å². The van der Waals surface area contributed by atoms with Crippen LogP contribution in [0, 0.1) is 0 Å². The highest BCUT2D eigenvalue weighted by Gasteiger charge is 2.04. The Morgan fingerprint density at radius 3 is 2.63 bits per heavy atom. The summed E-state index contributed by atoms with van der Waals surface area (Å²) < 4.78 is 10.6. The molecule has 0 aliphatic carbocycles. The summed E-state index contributed by atoms with van der Waals surface area (Å²) in [5, 5.41) is 5.30. The molecule has 19 heavy (non-hydrogen) atoms. The number of fused-ring (bicyclic) bond motifs is 1. The molecule has 0 aliphatic rings. The number of nitrogens with one attached hydrogen (secondary N) is 1. The van der Waals surface area contributed by atoms with Crippen molar-refractivity contribution in [2.45, 2.75) is 6.42 Å². The van der Waals surface area contributed by atoms with E-state index < -0.39 is 7.60 Å². The Balaban J connectivity index is 1.99. The first-order chi connectivity index (χ1) is 9.06. The molecule has 0 saturated carbocycles. The lowest BCUT2D eigenvalue weighted by molar-refractivity contribution is 0.386. The van der Waals surface area contributed by atoms with Crippen LogP contribution in [0.5, 0.6) is 0 Å². The van der Waals surface area contributed by atoms with E-state index in [2.05, 4.69) is 29.6 Å². The summed E-state index contributed by atoms with van der Waals surface area (Å²) in [5.41, 5.74) is 1.22. The summed E-state index contributed by atoms with van der Waals surface area (Å²) in [6.45, 7) is 0.629. The highest BCUT2D eigenvalue weighted by Crippen LogP contribution is 2.35. The van der Waals surface area contributed by atoms with Crippen molar-refractivity contribution in [3.63, 3.8) is 0 Å². The van der Waals surface area contributed by atoms with E-state index in [4.69, 9.17) is 9.79 Å². The average Bonchev–Trinajstić information content (AvgIpc) is 2.37. The van der Waals surface area contributed by atoms with Gasteiger partial charge in [-0.25, -0.2) is 0 Å². The van der Waals surface area contributed by atoms with E-state index in [1.54, 1.807) is 0 Å². The Hall–Kier alpha value is -1.61. The first-order valence-corrected chi connectivity index (χ1v) is 7.67. The van der Waals surface area contributed by atoms with Crippen molar-refractivity contribution >= 4 is 18.4 Å². The Kier molecular flexibility index (Phi) is 4.38. The number of hydrogen-bond acceptors (Lipinski definition) is 2. The molecule has 0 unspecified atom stereocenters. The van der Waals surface area contributed by atoms with Crippen molar-refractivity contribution in [2.24, 2.45) is 0 Å². The van der Waals surface area contributed by atoms with Crippen LogP contribution in [-0.2, 0) is 11.0 Å². The molecule has 0 aromatic heterocycles. The van der Waals surface area contributed by atoms with Crippen LogP contribution in [0.15, 0.2) is 54.5 Å². The van der Waals surface area contributed by atoms with Crippen molar-refractivity contribution in [1.82, 2.24) is 5.32 Å². The molecule has 5 heteroatoms. The molecule has 0 radical (unpaired) electrons. The van der Waals surface area contributed by atoms with Crippen LogP contribution in [0.1, 0.15) is 5.56 Å². The molecule has 0 bridgehead atoms. The number of benzene rings is 2. The van der Waals surface area contributed by atoms with Crippen molar-refractivity contribution < 1.29 is 14.4 Å². The van der Waals surface area contributed by atoms with Gasteiger partial charge in [0.25, 0.3) is 0 Å². The summed E-state index contributed by atoms with van der Waals surface area (Å²) >= 11 is 0. The quantitative estimate of drug-likeness (QED) is 0.580. The minimum atomic E-state index is -4.06. The molecule has 4 nitrogen and oxygen atoms in total. The lowest BCUT2D eigenvalue weighted by Gasteiger charge is -2.06. The lowest BCUT2D eigenvalue weighted by Crippen LogP contribution is -2.09. The van der Waals surface area contributed by atoms with Crippen LogP contribution in [-0.4, -0.2) is 16.3 Å². The molecule has 0 atom stereocenters. The van der Waals surface area contributed by atoms with Crippen LogP contribution in [0.2, 0.25) is 0 Å². The smallest absolute Gasteiger partial charge is 0.350 e. The van der Waals surface area contributed by atoms with Gasteiger partial charge < -0.3 is 15.1 Å². The van der Waals surface area contributed by atoms with Gasteiger partial charge in [-0.1, -0.05) is 42.5 Å². The Morgan fingerprint density at radius 2 is 1.84 bits per heavy atom. The topological polar surface area (TPSA) is 69.6 Å². The number of rotatable bonds is 5. The van der Waals surface area contributed by atoms with E-state index in [-0.39, 0.29) is 0 Å². The average molecular weight is 277 g/mol. The monoisotopic (exact) mass is 277 g/mol. The van der Waals surface area contributed by atoms with Gasteiger partial charge in [0.05, 0.1) is 0 Å². The van der Waals surface area contributed by atoms with Gasteiger partial charge in [0.1, 0.15) is 0 Å². The third-order valence-electron chi connectivity index (χ3n) is 2.81. The van der Waals surface area contributed by atoms with Gasteiger partial charge in [0.2, 0.25) is 0 Å². The maximum absolute atomic E-state index is 10.6. The van der Waals surface area contributed by atoms with Crippen molar-refractivity contribution in [2.75, 3.05) is 6.54 Å². The molecular weight excluding hydrogens is 261 g/mol. The van der Waals surface area contributed by atoms with E-state index in [1.165, 1.54) is 22.5 Å². The second-order valence-electron chi connectivity index (χ2n) is 4.25. The SMILES string of the molecule is O=P(O)(O)C=CNCCc1cccc2ccccc12. The van der Waals surface area contributed by atoms with Crippen LogP contribution in [0.25, 0.3) is 10.8 Å². The summed E-state index contributed by atoms with van der Waals surface area (Å²) in [6, 6.07) is 14.3. The fraction of sp³-hybridized carbons (Fsp3) is 0.143. The number of hydrogen-bond donors (Lipinski definition) is 3. The van der Waals surface area contributed by atoms with E-state index in [0.717, 1.165) is 12.2 Å². The van der Waals surface area contributed by atoms with Gasteiger partial charge in [0, 0.05) is 18.6 Å². The van der Waals surface area contributed by atoms with Crippen LogP contribution < -0.4 is 5.32 Å². The van der Waals surface area contributed by atoms with E-state index >= 15 is 0 Å². The second-order valence-corrected chi connectivity index (χ2v) is 5.72. The fourth-order valence-corrected chi connectivity index (χ4v) is 2.25. The van der Waals surface area contributed by atoms with Crippen molar-refractivity contribution in [3.8, 4) is 0 Å². The molecule has 3 N–H and O–H groups in total. The fourth-order valence-electron chi connectivity index (χ4n) is 1.95. The van der Waals surface area contributed by atoms with Crippen LogP contribution >= 0.6 is 7.60 Å². The molecule has 0 spiro atoms. The van der Waals surface area contributed by atoms with Gasteiger partial charge in [-0.15, -0.1) is 0 Å². The summed E-state index contributed by atoms with van der Waals surface area (Å²) in [6.07, 6.45) is 2.11. The van der Waals surface area contributed by atoms with Crippen LogP contribution in [0.4, 0.5) is 0 Å². The third kappa shape index (κ3) is 4.21. The molecule has 2 aromatic rings. The van der Waals surface area contributed by atoms with E-state index in [9.17, 15) is 4.57 Å². The zero-order valence-corrected chi connectivity index (χ0v) is 11.3. The highest BCUT2D eigenvalue weighted by atomic mass is 31.2. The summed E-state index contributed by atoms with van der Waals surface area (Å²) in [4.78, 5) is 17.3. The van der Waals surface area contributed by atoms with Gasteiger partial charge >= 0.3 is 7.60 Å². The summed E-state index contributed by atoms with van der Waals surface area (Å²) in [7, 11) is -4.06. The van der Waals surface area contributed by atoms with Crippen LogP contribution in [0.3, 0.4) is 0 Å². The first kappa shape index (κ1) is 13.8. The van der Waals surface area contributed by atoms with Gasteiger partial charge in [0.15, 0.2) is 0 Å². The largest absolute Gasteiger partial charge is 0.390 e. The molecule has 0 saturated heterocycles. The predicted octanol–water partition coefficient (Wildman–Crippen LogP) is 2.62. The first-order valence-electron chi connectivity index (χ1n) is 5.99. The minimum absolute atomic E-state index is 0.629. The standard InChI is InChI=1S/C14H16NO3P/c16-19(17,18)11-10-15-9-8-13-6-3-5-12-4-1-2-7-14(12)13/h1-7,10-11,15H,8-9H2,(H2,16,17,18). The molecule has 2 aromatic carbocycles. The molecule has 0 aliphatic heterocycles. The van der Waals surface area contributed by atoms with Crippen molar-refractivity contribution in [3.05, 3.63) is 60.0 Å². The maximum atomic E-state index is 10.6. The zero-order valence-electron chi connectivity index (χ0n) is 10.4. The Morgan fingerprint density at radius 1 is 1.11 bits per heavy atom. The van der Waals surface area contributed by atoms with Gasteiger partial charge in [-0.2, -0.15) is 0 Å². The third-order valence-corrected chi connectivity index (χ3v) is 3.34. The Labute approximate surface area is 111 Å². The molecule has 2 rings (SSSR count). The molecule has 0 heterocycles. The predicted molar refractivity (Wildman–Crippen MR) is 76.8 cm³/mol. The summed E-state index contributed by atoms with van der Waals surface area (Å²) in [5.74, 6) is 0.871. The van der Waals surface area contributed by atoms with E-state index in [0.29, 0.717) is 6.54 Å². The highest BCUT2D eigenvalue weighted by molar-refractivity contribution is 7.55. The van der Waals surface area contributed by atoms with Crippen molar-refractivity contribution in [1.29, 1.82) is 0 Å². The maximum Gasteiger partial charge on any atom is 0.350 e. The van der Waals surface area contributed by atoms with Gasteiger partial charge in [-0.05, 0) is 22.8 Å². The molecule has 0 amide bonds. The van der Waals surface area contributed by atoms with E-state index in [1.807, 2.05) is 18.2 Å². The second kappa shape index (κ2) is 6.02. The zero-order chi connectivity index (χ0) is 13.7. The Bertz CT molecular complexity index is 628. The molecule has 100 valence electrons. The molecular formula is C14H16NO3P. The minimum Gasteiger partial charge on any atom is -0.390 e.